The Bertz CT molecular complexity index is 567. The minimum Gasteiger partial charge on any atom is -0.481 e. The van der Waals surface area contributed by atoms with Crippen LogP contribution < -0.4 is 0 Å². The molecule has 2 aliphatic rings. The zero-order chi connectivity index (χ0) is 14.8. The van der Waals surface area contributed by atoms with Crippen LogP contribution in [-0.2, 0) is 16.1 Å². The van der Waals surface area contributed by atoms with Crippen LogP contribution in [0.4, 0.5) is 0 Å². The molecule has 1 N–H and O–H groups in total. The highest BCUT2D eigenvalue weighted by Crippen LogP contribution is 2.37. The molecule has 0 radical (unpaired) electrons. The van der Waals surface area contributed by atoms with E-state index in [1.807, 2.05) is 47.4 Å². The number of amides is 1. The molecule has 1 heterocycles. The van der Waals surface area contributed by atoms with Crippen LogP contribution in [0.1, 0.15) is 18.4 Å². The van der Waals surface area contributed by atoms with Gasteiger partial charge in [0.2, 0.25) is 5.91 Å². The molecule has 110 valence electrons. The first kappa shape index (κ1) is 13.9. The zero-order valence-electron chi connectivity index (χ0n) is 11.8. The van der Waals surface area contributed by atoms with Crippen molar-refractivity contribution < 1.29 is 14.7 Å². The van der Waals surface area contributed by atoms with Crippen LogP contribution in [0.25, 0.3) is 0 Å². The molecular weight excluding hydrogens is 266 g/mol. The van der Waals surface area contributed by atoms with Crippen molar-refractivity contribution in [2.75, 3.05) is 6.54 Å². The van der Waals surface area contributed by atoms with Crippen LogP contribution in [0.15, 0.2) is 42.5 Å². The van der Waals surface area contributed by atoms with E-state index < -0.39 is 17.8 Å². The fourth-order valence-corrected chi connectivity index (χ4v) is 3.44. The molecule has 0 saturated carbocycles. The number of fused-ring (bicyclic) bond motifs is 1. The molecule has 3 atom stereocenters. The number of benzene rings is 1. The third-order valence-electron chi connectivity index (χ3n) is 4.53. The average molecular weight is 285 g/mol. The number of carboxylic acids is 1. The van der Waals surface area contributed by atoms with Gasteiger partial charge in [0.05, 0.1) is 11.8 Å². The fourth-order valence-electron chi connectivity index (χ4n) is 3.44. The van der Waals surface area contributed by atoms with E-state index in [0.717, 1.165) is 12.0 Å². The van der Waals surface area contributed by atoms with Gasteiger partial charge in [-0.1, -0.05) is 42.5 Å². The van der Waals surface area contributed by atoms with E-state index in [0.29, 0.717) is 19.5 Å². The van der Waals surface area contributed by atoms with Gasteiger partial charge >= 0.3 is 5.97 Å². The molecule has 4 nitrogen and oxygen atoms in total. The predicted molar refractivity (Wildman–Crippen MR) is 78.3 cm³/mol. The second-order valence-electron chi connectivity index (χ2n) is 5.83. The van der Waals surface area contributed by atoms with Gasteiger partial charge in [-0.25, -0.2) is 0 Å². The van der Waals surface area contributed by atoms with Gasteiger partial charge in [0.1, 0.15) is 0 Å². The summed E-state index contributed by atoms with van der Waals surface area (Å²) in [5, 5.41) is 9.37. The molecule has 1 fully saturated rings. The second kappa shape index (κ2) is 5.72. The van der Waals surface area contributed by atoms with E-state index in [9.17, 15) is 14.7 Å². The van der Waals surface area contributed by atoms with Gasteiger partial charge in [-0.2, -0.15) is 0 Å². The second-order valence-corrected chi connectivity index (χ2v) is 5.83. The van der Waals surface area contributed by atoms with Gasteiger partial charge in [0.15, 0.2) is 0 Å². The lowest BCUT2D eigenvalue weighted by Crippen LogP contribution is -2.49. The normalized spacial score (nSPS) is 28.3. The zero-order valence-corrected chi connectivity index (χ0v) is 11.8. The van der Waals surface area contributed by atoms with Gasteiger partial charge in [-0.05, 0) is 24.3 Å². The summed E-state index contributed by atoms with van der Waals surface area (Å²) >= 11 is 0. The molecule has 1 aliphatic heterocycles. The molecule has 0 unspecified atom stereocenters. The lowest BCUT2D eigenvalue weighted by atomic mass is 9.71. The highest BCUT2D eigenvalue weighted by Gasteiger charge is 2.44. The van der Waals surface area contributed by atoms with E-state index >= 15 is 0 Å². The Morgan fingerprint density at radius 2 is 2.05 bits per heavy atom. The maximum absolute atomic E-state index is 12.7. The number of piperidine rings is 1. The first-order valence-corrected chi connectivity index (χ1v) is 7.39. The van der Waals surface area contributed by atoms with E-state index in [1.165, 1.54) is 0 Å². The summed E-state index contributed by atoms with van der Waals surface area (Å²) in [7, 11) is 0. The van der Waals surface area contributed by atoms with E-state index in [4.69, 9.17) is 0 Å². The van der Waals surface area contributed by atoms with Crippen LogP contribution in [0.2, 0.25) is 0 Å². The number of hydrogen-bond acceptors (Lipinski definition) is 2. The number of carboxylic acid groups (broad SMARTS) is 1. The molecule has 1 saturated heterocycles. The molecule has 21 heavy (non-hydrogen) atoms. The maximum atomic E-state index is 12.7. The minimum atomic E-state index is -0.857. The topological polar surface area (TPSA) is 57.6 Å². The molecular formula is C17H19NO3. The Labute approximate surface area is 124 Å². The number of carbonyl (C=O) groups is 2. The van der Waals surface area contributed by atoms with Crippen molar-refractivity contribution in [1.29, 1.82) is 0 Å². The Morgan fingerprint density at radius 3 is 2.76 bits per heavy atom. The van der Waals surface area contributed by atoms with Crippen molar-refractivity contribution >= 4 is 11.9 Å². The van der Waals surface area contributed by atoms with Gasteiger partial charge < -0.3 is 10.0 Å². The number of aliphatic carboxylic acids is 1. The number of nitrogens with zero attached hydrogens (tertiary/aromatic N) is 1. The van der Waals surface area contributed by atoms with E-state index in [2.05, 4.69) is 0 Å². The predicted octanol–water partition coefficient (Wildman–Crippen LogP) is 2.31. The molecule has 0 aromatic heterocycles. The molecule has 1 aliphatic carbocycles. The van der Waals surface area contributed by atoms with Gasteiger partial charge in [0.25, 0.3) is 0 Å². The van der Waals surface area contributed by atoms with Crippen LogP contribution in [0.3, 0.4) is 0 Å². The molecule has 1 aromatic rings. The van der Waals surface area contributed by atoms with Crippen molar-refractivity contribution in [2.45, 2.75) is 19.4 Å². The van der Waals surface area contributed by atoms with Gasteiger partial charge in [-0.15, -0.1) is 0 Å². The molecule has 3 rings (SSSR count). The van der Waals surface area contributed by atoms with E-state index in [1.54, 1.807) is 0 Å². The van der Waals surface area contributed by atoms with Crippen molar-refractivity contribution in [3.63, 3.8) is 0 Å². The standard InChI is InChI=1S/C17H19NO3/c19-16-15-13(7-4-8-14(15)17(20)21)9-10-18(16)11-12-5-2-1-3-6-12/h1-7,13-15H,8-11H2,(H,20,21)/t13-,14-,15+/m0/s1. The number of likely N-dealkylation sites (tertiary alicyclic amines) is 1. The quantitative estimate of drug-likeness (QED) is 0.867. The summed E-state index contributed by atoms with van der Waals surface area (Å²) in [5.74, 6) is -1.76. The third kappa shape index (κ3) is 2.71. The Balaban J connectivity index is 1.79. The summed E-state index contributed by atoms with van der Waals surface area (Å²) in [6.45, 7) is 1.27. The van der Waals surface area contributed by atoms with E-state index in [-0.39, 0.29) is 11.8 Å². The lowest BCUT2D eigenvalue weighted by molar-refractivity contribution is -0.155. The SMILES string of the molecule is O=C(O)[C@H]1CC=C[C@H]2CCN(Cc3ccccc3)C(=O)[C@@H]12. The number of hydrogen-bond donors (Lipinski definition) is 1. The summed E-state index contributed by atoms with van der Waals surface area (Å²) in [6.07, 6.45) is 5.26. The first-order valence-electron chi connectivity index (χ1n) is 7.39. The highest BCUT2D eigenvalue weighted by atomic mass is 16.4. The summed E-state index contributed by atoms with van der Waals surface area (Å²) in [6, 6.07) is 9.85. The Kier molecular flexibility index (Phi) is 3.78. The molecule has 4 heteroatoms. The van der Waals surface area contributed by atoms with Crippen LogP contribution in [0, 0.1) is 17.8 Å². The van der Waals surface area contributed by atoms with Gasteiger partial charge in [0, 0.05) is 13.1 Å². The Morgan fingerprint density at radius 1 is 1.29 bits per heavy atom. The summed E-state index contributed by atoms with van der Waals surface area (Å²) in [5.41, 5.74) is 1.09. The molecule has 0 bridgehead atoms. The summed E-state index contributed by atoms with van der Waals surface area (Å²) in [4.78, 5) is 25.9. The van der Waals surface area contributed by atoms with Crippen molar-refractivity contribution in [3.8, 4) is 0 Å². The summed E-state index contributed by atoms with van der Waals surface area (Å²) < 4.78 is 0. The molecule has 0 spiro atoms. The maximum Gasteiger partial charge on any atom is 0.307 e. The smallest absolute Gasteiger partial charge is 0.307 e. The Hall–Kier alpha value is -2.10. The average Bonchev–Trinajstić information content (AvgIpc) is 2.50. The van der Waals surface area contributed by atoms with Crippen LogP contribution >= 0.6 is 0 Å². The number of rotatable bonds is 3. The lowest BCUT2D eigenvalue weighted by Gasteiger charge is -2.40. The first-order chi connectivity index (χ1) is 10.2. The highest BCUT2D eigenvalue weighted by molar-refractivity contribution is 5.86. The van der Waals surface area contributed by atoms with Crippen molar-refractivity contribution in [3.05, 3.63) is 48.0 Å². The molecule has 1 amide bonds. The largest absolute Gasteiger partial charge is 0.481 e. The monoisotopic (exact) mass is 285 g/mol. The number of carbonyl (C=O) groups excluding carboxylic acids is 1. The third-order valence-corrected chi connectivity index (χ3v) is 4.53. The van der Waals surface area contributed by atoms with Gasteiger partial charge in [-0.3, -0.25) is 9.59 Å². The van der Waals surface area contributed by atoms with Crippen molar-refractivity contribution in [2.24, 2.45) is 17.8 Å². The fraction of sp³-hybridized carbons (Fsp3) is 0.412. The van der Waals surface area contributed by atoms with Crippen LogP contribution in [0.5, 0.6) is 0 Å². The van der Waals surface area contributed by atoms with Crippen molar-refractivity contribution in [1.82, 2.24) is 4.90 Å². The number of allylic oxidation sites excluding steroid dienone is 2. The van der Waals surface area contributed by atoms with Crippen LogP contribution in [-0.4, -0.2) is 28.4 Å². The minimum absolute atomic E-state index is 0.00754. The molecule has 1 aromatic carbocycles.